The second-order valence-corrected chi connectivity index (χ2v) is 5.03. The Hall–Kier alpha value is -1.90. The van der Waals surface area contributed by atoms with Gasteiger partial charge in [0.2, 0.25) is 0 Å². The van der Waals surface area contributed by atoms with E-state index in [0.29, 0.717) is 4.90 Å². The van der Waals surface area contributed by atoms with Crippen molar-refractivity contribution in [3.8, 4) is 0 Å². The Kier molecular flexibility index (Phi) is 3.23. The van der Waals surface area contributed by atoms with Crippen LogP contribution >= 0.6 is 0 Å². The van der Waals surface area contributed by atoms with Crippen LogP contribution in [0.25, 0.3) is 0 Å². The topological polar surface area (TPSA) is 89.9 Å². The van der Waals surface area contributed by atoms with E-state index < -0.39 is 53.1 Å². The number of fused-ring (bicyclic) bond motifs is 1. The number of amides is 2. The molecule has 6 nitrogen and oxygen atoms in total. The summed E-state index contributed by atoms with van der Waals surface area (Å²) in [6.07, 6.45) is -1.99. The van der Waals surface area contributed by atoms with E-state index in [-0.39, 0.29) is 12.8 Å². The summed E-state index contributed by atoms with van der Waals surface area (Å²) in [5.41, 5.74) is -1.23. The second-order valence-electron chi connectivity index (χ2n) is 5.03. The van der Waals surface area contributed by atoms with E-state index in [0.717, 1.165) is 12.1 Å². The van der Waals surface area contributed by atoms with Crippen LogP contribution < -0.4 is 5.32 Å². The predicted molar refractivity (Wildman–Crippen MR) is 65.0 cm³/mol. The van der Waals surface area contributed by atoms with Gasteiger partial charge in [-0.15, -0.1) is 0 Å². The van der Waals surface area contributed by atoms with Crippen LogP contribution in [0.4, 0.5) is 8.78 Å². The Morgan fingerprint density at radius 1 is 1.05 bits per heavy atom. The zero-order valence-electron chi connectivity index (χ0n) is 10.7. The summed E-state index contributed by atoms with van der Waals surface area (Å²) in [6, 6.07) is 0.573. The van der Waals surface area contributed by atoms with Gasteiger partial charge in [-0.05, 0) is 25.0 Å². The molecular weight excluding hydrogens is 286 g/mol. The third-order valence-electron chi connectivity index (χ3n) is 3.76. The number of halogens is 2. The van der Waals surface area contributed by atoms with Gasteiger partial charge in [-0.25, -0.2) is 8.78 Å². The van der Waals surface area contributed by atoms with E-state index in [1.807, 2.05) is 0 Å². The van der Waals surface area contributed by atoms with Crippen molar-refractivity contribution in [2.45, 2.75) is 31.3 Å². The average Bonchev–Trinajstić information content (AvgIpc) is 2.68. The monoisotopic (exact) mass is 298 g/mol. The minimum Gasteiger partial charge on any atom is -0.379 e. The fraction of sp³-hybridized carbons (Fsp3) is 0.385. The molecule has 2 aliphatic heterocycles. The largest absolute Gasteiger partial charge is 0.379 e. The number of rotatable bonds is 1. The van der Waals surface area contributed by atoms with Gasteiger partial charge in [0, 0.05) is 0 Å². The minimum absolute atomic E-state index is 0.129. The van der Waals surface area contributed by atoms with Crippen LogP contribution in [0.3, 0.4) is 0 Å². The van der Waals surface area contributed by atoms with E-state index in [9.17, 15) is 28.6 Å². The van der Waals surface area contributed by atoms with Crippen molar-refractivity contribution >= 4 is 11.8 Å². The van der Waals surface area contributed by atoms with Crippen molar-refractivity contribution in [3.05, 3.63) is 34.9 Å². The van der Waals surface area contributed by atoms with Gasteiger partial charge in [-0.1, -0.05) is 0 Å². The minimum atomic E-state index is -1.36. The standard InChI is InChI=1S/C13H12F2N2O4/c14-5-1-2-6(15)10-9(5)12(20)17(13(10)21)7-3-4-8(18)16-11(7)19/h1-2,7-8,11,16,18-19H,3-4H2. The van der Waals surface area contributed by atoms with E-state index in [4.69, 9.17) is 0 Å². The molecule has 3 rings (SSSR count). The molecule has 0 radical (unpaired) electrons. The molecule has 112 valence electrons. The number of hydrogen-bond acceptors (Lipinski definition) is 5. The van der Waals surface area contributed by atoms with Crippen LogP contribution in [0.2, 0.25) is 0 Å². The number of aliphatic hydroxyl groups is 2. The van der Waals surface area contributed by atoms with Crippen molar-refractivity contribution < 1.29 is 28.6 Å². The molecule has 8 heteroatoms. The number of hydrogen-bond donors (Lipinski definition) is 3. The Morgan fingerprint density at radius 3 is 2.05 bits per heavy atom. The summed E-state index contributed by atoms with van der Waals surface area (Å²) >= 11 is 0. The van der Waals surface area contributed by atoms with Gasteiger partial charge >= 0.3 is 0 Å². The summed E-state index contributed by atoms with van der Waals surface area (Å²) in [6.45, 7) is 0. The summed E-state index contributed by atoms with van der Waals surface area (Å²) < 4.78 is 27.4. The fourth-order valence-electron chi connectivity index (χ4n) is 2.75. The second kappa shape index (κ2) is 4.83. The van der Waals surface area contributed by atoms with E-state index in [1.54, 1.807) is 0 Å². The zero-order valence-corrected chi connectivity index (χ0v) is 10.7. The van der Waals surface area contributed by atoms with Crippen LogP contribution in [0.1, 0.15) is 33.6 Å². The third-order valence-corrected chi connectivity index (χ3v) is 3.76. The highest BCUT2D eigenvalue weighted by Crippen LogP contribution is 2.31. The molecule has 3 N–H and O–H groups in total. The normalized spacial score (nSPS) is 29.0. The number of carbonyl (C=O) groups is 2. The SMILES string of the molecule is O=C1c2c(F)ccc(F)c2C(=O)N1C1CCC(O)NC1O. The molecule has 0 bridgehead atoms. The molecule has 0 spiro atoms. The van der Waals surface area contributed by atoms with E-state index in [2.05, 4.69) is 5.32 Å². The molecule has 2 heterocycles. The van der Waals surface area contributed by atoms with Gasteiger partial charge in [-0.3, -0.25) is 19.8 Å². The van der Waals surface area contributed by atoms with E-state index >= 15 is 0 Å². The lowest BCUT2D eigenvalue weighted by atomic mass is 10.0. The Balaban J connectivity index is 2.01. The number of carbonyl (C=O) groups excluding carboxylic acids is 2. The lowest BCUT2D eigenvalue weighted by molar-refractivity contribution is -0.0414. The first-order valence-corrected chi connectivity index (χ1v) is 6.40. The molecular formula is C13H12F2N2O4. The molecule has 0 aromatic heterocycles. The van der Waals surface area contributed by atoms with Gasteiger partial charge in [0.1, 0.15) is 24.1 Å². The number of nitrogens with zero attached hydrogens (tertiary/aromatic N) is 1. The number of aliphatic hydroxyl groups excluding tert-OH is 2. The Morgan fingerprint density at radius 2 is 1.57 bits per heavy atom. The number of benzene rings is 1. The van der Waals surface area contributed by atoms with Crippen LogP contribution in [-0.2, 0) is 0 Å². The molecule has 1 aromatic carbocycles. The first-order chi connectivity index (χ1) is 9.91. The zero-order chi connectivity index (χ0) is 15.3. The molecule has 1 fully saturated rings. The maximum absolute atomic E-state index is 13.7. The molecule has 0 saturated carbocycles. The smallest absolute Gasteiger partial charge is 0.265 e. The summed E-state index contributed by atoms with van der Waals surface area (Å²) in [5, 5.41) is 21.6. The summed E-state index contributed by atoms with van der Waals surface area (Å²) in [4.78, 5) is 25.1. The molecule has 3 unspecified atom stereocenters. The Bertz CT molecular complexity index is 596. The van der Waals surface area contributed by atoms with Gasteiger partial charge in [0.25, 0.3) is 11.8 Å². The molecule has 1 aromatic rings. The third kappa shape index (κ3) is 2.03. The highest BCUT2D eigenvalue weighted by Gasteiger charge is 2.47. The highest BCUT2D eigenvalue weighted by molar-refractivity contribution is 6.21. The Labute approximate surface area is 118 Å². The van der Waals surface area contributed by atoms with Crippen LogP contribution in [0.5, 0.6) is 0 Å². The number of imide groups is 1. The van der Waals surface area contributed by atoms with Crippen molar-refractivity contribution in [1.29, 1.82) is 0 Å². The van der Waals surface area contributed by atoms with Crippen molar-refractivity contribution in [2.75, 3.05) is 0 Å². The molecule has 21 heavy (non-hydrogen) atoms. The van der Waals surface area contributed by atoms with Crippen LogP contribution in [-0.4, -0.2) is 45.4 Å². The van der Waals surface area contributed by atoms with Gasteiger partial charge in [0.15, 0.2) is 0 Å². The lowest BCUT2D eigenvalue weighted by Gasteiger charge is -2.36. The van der Waals surface area contributed by atoms with Crippen molar-refractivity contribution in [2.24, 2.45) is 0 Å². The first kappa shape index (κ1) is 14.1. The lowest BCUT2D eigenvalue weighted by Crippen LogP contribution is -2.58. The summed E-state index contributed by atoms with van der Waals surface area (Å²) in [5.74, 6) is -3.92. The average molecular weight is 298 g/mol. The van der Waals surface area contributed by atoms with E-state index in [1.165, 1.54) is 0 Å². The maximum atomic E-state index is 13.7. The number of piperidine rings is 1. The fourth-order valence-corrected chi connectivity index (χ4v) is 2.75. The number of nitrogens with one attached hydrogen (secondary N) is 1. The quantitative estimate of drug-likeness (QED) is 0.633. The molecule has 2 aliphatic rings. The first-order valence-electron chi connectivity index (χ1n) is 6.40. The molecule has 0 aliphatic carbocycles. The highest BCUT2D eigenvalue weighted by atomic mass is 19.1. The van der Waals surface area contributed by atoms with Crippen molar-refractivity contribution in [1.82, 2.24) is 10.2 Å². The molecule has 3 atom stereocenters. The van der Waals surface area contributed by atoms with Gasteiger partial charge in [-0.2, -0.15) is 0 Å². The maximum Gasteiger partial charge on any atom is 0.265 e. The van der Waals surface area contributed by atoms with Crippen LogP contribution in [0, 0.1) is 11.6 Å². The van der Waals surface area contributed by atoms with Crippen molar-refractivity contribution in [3.63, 3.8) is 0 Å². The predicted octanol–water partition coefficient (Wildman–Crippen LogP) is -0.0504. The molecule has 2 amide bonds. The molecule has 1 saturated heterocycles. The summed E-state index contributed by atoms with van der Waals surface area (Å²) in [7, 11) is 0. The van der Waals surface area contributed by atoms with Gasteiger partial charge in [0.05, 0.1) is 17.2 Å². The van der Waals surface area contributed by atoms with Gasteiger partial charge < -0.3 is 10.2 Å². The van der Waals surface area contributed by atoms with Crippen LogP contribution in [0.15, 0.2) is 12.1 Å².